The summed E-state index contributed by atoms with van der Waals surface area (Å²) in [5.74, 6) is 0. The highest BCUT2D eigenvalue weighted by atomic mass is 16.7. The van der Waals surface area contributed by atoms with E-state index in [0.717, 1.165) is 61.5 Å². The molecule has 2 heterocycles. The lowest BCUT2D eigenvalue weighted by atomic mass is 9.99. The number of hydrogen-bond acceptors (Lipinski definition) is 6. The molecular formula is C26H35N3O5. The van der Waals surface area contributed by atoms with E-state index < -0.39 is 6.29 Å². The van der Waals surface area contributed by atoms with E-state index in [1.807, 2.05) is 55.5 Å². The van der Waals surface area contributed by atoms with Crippen LogP contribution in [0.1, 0.15) is 48.0 Å². The van der Waals surface area contributed by atoms with Crippen LogP contribution in [0.15, 0.2) is 48.5 Å². The van der Waals surface area contributed by atoms with Crippen molar-refractivity contribution in [1.29, 1.82) is 0 Å². The minimum Gasteiger partial charge on any atom is -0.392 e. The molecule has 34 heavy (non-hydrogen) atoms. The summed E-state index contributed by atoms with van der Waals surface area (Å²) in [5.41, 5.74) is 3.92. The number of nitrogens with one attached hydrogen (secondary N) is 2. The zero-order chi connectivity index (χ0) is 23.8. The van der Waals surface area contributed by atoms with Crippen molar-refractivity contribution in [3.63, 3.8) is 0 Å². The quantitative estimate of drug-likeness (QED) is 0.551. The monoisotopic (exact) mass is 469 g/mol. The van der Waals surface area contributed by atoms with Gasteiger partial charge in [0.05, 0.1) is 32.0 Å². The molecule has 4 rings (SSSR count). The number of aliphatic hydroxyl groups excluding tert-OH is 1. The maximum absolute atomic E-state index is 11.7. The summed E-state index contributed by atoms with van der Waals surface area (Å²) in [6.07, 6.45) is 0.212. The van der Waals surface area contributed by atoms with Crippen molar-refractivity contribution in [2.75, 3.05) is 39.4 Å². The second kappa shape index (κ2) is 12.3. The predicted octanol–water partition coefficient (Wildman–Crippen LogP) is 2.88. The lowest BCUT2D eigenvalue weighted by Gasteiger charge is -2.39. The van der Waals surface area contributed by atoms with Crippen molar-refractivity contribution < 1.29 is 24.1 Å². The summed E-state index contributed by atoms with van der Waals surface area (Å²) in [7, 11) is 0. The van der Waals surface area contributed by atoms with Crippen molar-refractivity contribution in [2.24, 2.45) is 0 Å². The summed E-state index contributed by atoms with van der Waals surface area (Å²) in [4.78, 5) is 14.0. The van der Waals surface area contributed by atoms with Crippen molar-refractivity contribution >= 4 is 6.03 Å². The van der Waals surface area contributed by atoms with E-state index in [9.17, 15) is 9.90 Å². The Hall–Kier alpha value is -2.49. The minimum atomic E-state index is -0.479. The van der Waals surface area contributed by atoms with Gasteiger partial charge in [-0.15, -0.1) is 0 Å². The van der Waals surface area contributed by atoms with Crippen LogP contribution in [-0.2, 0) is 27.4 Å². The molecule has 0 bridgehead atoms. The van der Waals surface area contributed by atoms with Gasteiger partial charge in [-0.25, -0.2) is 4.79 Å². The largest absolute Gasteiger partial charge is 0.392 e. The van der Waals surface area contributed by atoms with Crippen LogP contribution >= 0.6 is 0 Å². The van der Waals surface area contributed by atoms with Crippen LogP contribution in [0, 0.1) is 0 Å². The highest BCUT2D eigenvalue weighted by Crippen LogP contribution is 2.38. The molecule has 2 fully saturated rings. The zero-order valence-corrected chi connectivity index (χ0v) is 19.7. The molecule has 2 aliphatic rings. The number of rotatable bonds is 8. The fraction of sp³-hybridized carbons (Fsp3) is 0.500. The van der Waals surface area contributed by atoms with E-state index >= 15 is 0 Å². The number of aliphatic hydroxyl groups is 1. The number of carbonyl (C=O) groups is 1. The second-order valence-corrected chi connectivity index (χ2v) is 8.72. The van der Waals surface area contributed by atoms with Crippen LogP contribution in [0.2, 0.25) is 0 Å². The Bertz CT molecular complexity index is 900. The smallest absolute Gasteiger partial charge is 0.315 e. The third-order valence-corrected chi connectivity index (χ3v) is 6.22. The molecule has 0 aliphatic carbocycles. The molecular weight excluding hydrogens is 434 g/mol. The van der Waals surface area contributed by atoms with Gasteiger partial charge in [0.1, 0.15) is 0 Å². The van der Waals surface area contributed by atoms with Crippen LogP contribution in [0.5, 0.6) is 0 Å². The van der Waals surface area contributed by atoms with Crippen molar-refractivity contribution in [3.8, 4) is 0 Å². The van der Waals surface area contributed by atoms with Gasteiger partial charge in [-0.1, -0.05) is 48.5 Å². The standard InChI is InChI=1S/C26H35N3O5/c1-2-27-26(31)28-16-19-3-9-22(10-4-19)25-33-23(17-29-11-13-32-14-12-29)15-24(34-25)21-7-5-20(18-30)6-8-21/h3-10,23-25,30H,2,11-18H2,1H3,(H2,27,28,31)/t23-,24+,25+/m0/s1. The highest BCUT2D eigenvalue weighted by Gasteiger charge is 2.33. The lowest BCUT2D eigenvalue weighted by Crippen LogP contribution is -2.44. The summed E-state index contributed by atoms with van der Waals surface area (Å²) in [5, 5.41) is 15.0. The summed E-state index contributed by atoms with van der Waals surface area (Å²) < 4.78 is 18.3. The molecule has 0 spiro atoms. The van der Waals surface area contributed by atoms with E-state index in [-0.39, 0.29) is 24.8 Å². The Morgan fingerprint density at radius 3 is 2.32 bits per heavy atom. The van der Waals surface area contributed by atoms with Gasteiger partial charge in [0.2, 0.25) is 0 Å². The van der Waals surface area contributed by atoms with Gasteiger partial charge in [0.25, 0.3) is 0 Å². The van der Waals surface area contributed by atoms with E-state index in [4.69, 9.17) is 14.2 Å². The molecule has 3 atom stereocenters. The molecule has 3 N–H and O–H groups in total. The van der Waals surface area contributed by atoms with Gasteiger partial charge in [0.15, 0.2) is 6.29 Å². The molecule has 8 heteroatoms. The van der Waals surface area contributed by atoms with Crippen molar-refractivity contribution in [2.45, 2.75) is 45.0 Å². The zero-order valence-electron chi connectivity index (χ0n) is 19.7. The van der Waals surface area contributed by atoms with Crippen molar-refractivity contribution in [3.05, 3.63) is 70.8 Å². The maximum Gasteiger partial charge on any atom is 0.315 e. The van der Waals surface area contributed by atoms with Gasteiger partial charge < -0.3 is 30.0 Å². The predicted molar refractivity (Wildman–Crippen MR) is 128 cm³/mol. The molecule has 8 nitrogen and oxygen atoms in total. The number of nitrogens with zero attached hydrogens (tertiary/aromatic N) is 1. The molecule has 2 saturated heterocycles. The number of morpholine rings is 1. The third-order valence-electron chi connectivity index (χ3n) is 6.22. The van der Waals surface area contributed by atoms with E-state index in [2.05, 4.69) is 15.5 Å². The van der Waals surface area contributed by atoms with Gasteiger partial charge in [-0.2, -0.15) is 0 Å². The Morgan fingerprint density at radius 2 is 1.65 bits per heavy atom. The van der Waals surface area contributed by atoms with E-state index in [1.54, 1.807) is 0 Å². The first-order valence-corrected chi connectivity index (χ1v) is 12.1. The molecule has 2 aromatic carbocycles. The number of urea groups is 1. The topological polar surface area (TPSA) is 92.3 Å². The Kier molecular flexibility index (Phi) is 8.90. The summed E-state index contributed by atoms with van der Waals surface area (Å²) in [6, 6.07) is 15.8. The van der Waals surface area contributed by atoms with Gasteiger partial charge in [-0.05, 0) is 23.6 Å². The summed E-state index contributed by atoms with van der Waals surface area (Å²) in [6.45, 7) is 7.13. The average Bonchev–Trinajstić information content (AvgIpc) is 2.88. The maximum atomic E-state index is 11.7. The van der Waals surface area contributed by atoms with Crippen LogP contribution in [0.25, 0.3) is 0 Å². The molecule has 0 saturated carbocycles. The molecule has 2 amide bonds. The van der Waals surface area contributed by atoms with Gasteiger partial charge in [-0.3, -0.25) is 4.90 Å². The van der Waals surface area contributed by atoms with Gasteiger partial charge >= 0.3 is 6.03 Å². The molecule has 2 aromatic rings. The van der Waals surface area contributed by atoms with Crippen molar-refractivity contribution in [1.82, 2.24) is 15.5 Å². The number of carbonyl (C=O) groups excluding carboxylic acids is 1. The van der Waals surface area contributed by atoms with Crippen LogP contribution in [0.4, 0.5) is 4.79 Å². The lowest BCUT2D eigenvalue weighted by molar-refractivity contribution is -0.253. The first-order chi connectivity index (χ1) is 16.6. The molecule has 0 aromatic heterocycles. The normalized spacial score (nSPS) is 23.4. The Labute approximate surface area is 201 Å². The Morgan fingerprint density at radius 1 is 0.971 bits per heavy atom. The minimum absolute atomic E-state index is 0.0263. The number of hydrogen-bond donors (Lipinski definition) is 3. The first-order valence-electron chi connectivity index (χ1n) is 12.1. The van der Waals surface area contributed by atoms with Crippen LogP contribution in [0.3, 0.4) is 0 Å². The fourth-order valence-electron chi connectivity index (χ4n) is 4.30. The number of amides is 2. The number of ether oxygens (including phenoxy) is 3. The van der Waals surface area contributed by atoms with Crippen LogP contribution < -0.4 is 10.6 Å². The SMILES string of the molecule is CCNC(=O)NCc1ccc([C@@H]2O[C@H](CN3CCOCC3)C[C@H](c3ccc(CO)cc3)O2)cc1. The Balaban J connectivity index is 1.45. The summed E-state index contributed by atoms with van der Waals surface area (Å²) >= 11 is 0. The average molecular weight is 470 g/mol. The second-order valence-electron chi connectivity index (χ2n) is 8.72. The first kappa shape index (κ1) is 24.6. The molecule has 0 unspecified atom stereocenters. The molecule has 184 valence electrons. The number of benzene rings is 2. The fourth-order valence-corrected chi connectivity index (χ4v) is 4.30. The van der Waals surface area contributed by atoms with E-state index in [0.29, 0.717) is 13.1 Å². The van der Waals surface area contributed by atoms with Gasteiger partial charge in [0, 0.05) is 44.7 Å². The van der Waals surface area contributed by atoms with Crippen LogP contribution in [-0.4, -0.2) is 61.5 Å². The third kappa shape index (κ3) is 6.77. The highest BCUT2D eigenvalue weighted by molar-refractivity contribution is 5.73. The molecule has 0 radical (unpaired) electrons. The molecule has 2 aliphatic heterocycles. The van der Waals surface area contributed by atoms with E-state index in [1.165, 1.54) is 0 Å².